The summed E-state index contributed by atoms with van der Waals surface area (Å²) in [6.45, 7) is 6.44. The van der Waals surface area contributed by atoms with Crippen molar-refractivity contribution in [3.8, 4) is 17.2 Å². The second kappa shape index (κ2) is 11.1. The number of methoxy groups -OCH3 is 2. The highest BCUT2D eigenvalue weighted by Crippen LogP contribution is 2.29. The van der Waals surface area contributed by atoms with Crippen molar-refractivity contribution in [2.75, 3.05) is 14.2 Å². The number of rotatable bonds is 9. The van der Waals surface area contributed by atoms with Crippen LogP contribution in [0.2, 0.25) is 0 Å². The van der Waals surface area contributed by atoms with E-state index in [4.69, 9.17) is 14.2 Å². The van der Waals surface area contributed by atoms with E-state index in [1.165, 1.54) is 6.08 Å². The molecule has 0 radical (unpaired) electrons. The van der Waals surface area contributed by atoms with Crippen LogP contribution < -0.4 is 19.5 Å². The van der Waals surface area contributed by atoms with Crippen LogP contribution >= 0.6 is 0 Å². The molecule has 7 heteroatoms. The van der Waals surface area contributed by atoms with Crippen molar-refractivity contribution in [3.05, 3.63) is 82.4 Å². The van der Waals surface area contributed by atoms with E-state index >= 15 is 0 Å². The largest absolute Gasteiger partial charge is 0.496 e. The van der Waals surface area contributed by atoms with Gasteiger partial charge in [0.15, 0.2) is 11.5 Å². The van der Waals surface area contributed by atoms with Crippen molar-refractivity contribution in [2.24, 2.45) is 0 Å². The van der Waals surface area contributed by atoms with E-state index in [0.717, 1.165) is 33.9 Å². The van der Waals surface area contributed by atoms with Gasteiger partial charge >= 0.3 is 0 Å². The van der Waals surface area contributed by atoms with Gasteiger partial charge in [-0.3, -0.25) is 14.8 Å². The maximum Gasteiger partial charge on any atom is 0.244 e. The molecule has 0 aliphatic rings. The van der Waals surface area contributed by atoms with Gasteiger partial charge in [-0.2, -0.15) is 0 Å². The van der Waals surface area contributed by atoms with E-state index in [1.54, 1.807) is 20.3 Å². The Balaban J connectivity index is 1.61. The molecular weight excluding hydrogens is 418 g/mol. The van der Waals surface area contributed by atoms with Crippen LogP contribution in [0.25, 0.3) is 6.08 Å². The summed E-state index contributed by atoms with van der Waals surface area (Å²) in [4.78, 5) is 21.3. The minimum absolute atomic E-state index is 0.205. The number of ether oxygens (including phenoxy) is 3. The van der Waals surface area contributed by atoms with E-state index in [1.807, 2.05) is 63.2 Å². The average molecular weight is 448 g/mol. The summed E-state index contributed by atoms with van der Waals surface area (Å²) >= 11 is 0. The van der Waals surface area contributed by atoms with Gasteiger partial charge in [-0.15, -0.1) is 0 Å². The van der Waals surface area contributed by atoms with E-state index in [-0.39, 0.29) is 5.91 Å². The summed E-state index contributed by atoms with van der Waals surface area (Å²) in [6, 6.07) is 13.1. The van der Waals surface area contributed by atoms with Crippen molar-refractivity contribution in [2.45, 2.75) is 33.9 Å². The molecule has 1 heterocycles. The summed E-state index contributed by atoms with van der Waals surface area (Å²) in [5, 5.41) is 2.87. The van der Waals surface area contributed by atoms with Gasteiger partial charge in [0.1, 0.15) is 12.4 Å². The number of hydrogen-bond acceptors (Lipinski definition) is 6. The summed E-state index contributed by atoms with van der Waals surface area (Å²) in [5.74, 6) is 1.69. The molecular formula is C26H29N3O4. The van der Waals surface area contributed by atoms with Gasteiger partial charge in [0, 0.05) is 18.2 Å². The monoisotopic (exact) mass is 447 g/mol. The van der Waals surface area contributed by atoms with Crippen LogP contribution in [-0.2, 0) is 17.9 Å². The zero-order chi connectivity index (χ0) is 23.8. The fourth-order valence-corrected chi connectivity index (χ4v) is 3.20. The standard InChI is InChI=1S/C26H29N3O4/c1-17-18(2)29-22(19(3)28-17)16-33-24-12-10-20(14-25(24)32-5)15-27-26(30)13-11-21-8-6-7-9-23(21)31-4/h6-14H,15-16H2,1-5H3,(H,27,30)/b13-11+. The number of aromatic nitrogens is 2. The molecule has 0 fully saturated rings. The normalized spacial score (nSPS) is 10.8. The second-order valence-electron chi connectivity index (χ2n) is 7.49. The molecule has 0 spiro atoms. The Bertz CT molecular complexity index is 1160. The molecule has 172 valence electrons. The molecule has 7 nitrogen and oxygen atoms in total. The number of nitrogens with zero attached hydrogens (tertiary/aromatic N) is 2. The van der Waals surface area contributed by atoms with E-state index in [0.29, 0.717) is 30.4 Å². The van der Waals surface area contributed by atoms with Gasteiger partial charge in [0.05, 0.1) is 37.0 Å². The molecule has 1 aromatic heterocycles. The quantitative estimate of drug-likeness (QED) is 0.492. The van der Waals surface area contributed by atoms with Crippen molar-refractivity contribution in [1.29, 1.82) is 0 Å². The molecule has 33 heavy (non-hydrogen) atoms. The van der Waals surface area contributed by atoms with Crippen molar-refractivity contribution < 1.29 is 19.0 Å². The highest BCUT2D eigenvalue weighted by Gasteiger charge is 2.10. The zero-order valence-corrected chi connectivity index (χ0v) is 19.6. The Labute approximate surface area is 194 Å². The number of carbonyl (C=O) groups excluding carboxylic acids is 1. The first-order valence-electron chi connectivity index (χ1n) is 10.6. The number of amides is 1. The van der Waals surface area contributed by atoms with Gasteiger partial charge in [0.25, 0.3) is 0 Å². The molecule has 3 rings (SSSR count). The van der Waals surface area contributed by atoms with Gasteiger partial charge < -0.3 is 19.5 Å². The molecule has 1 amide bonds. The smallest absolute Gasteiger partial charge is 0.244 e. The molecule has 0 saturated heterocycles. The highest BCUT2D eigenvalue weighted by atomic mass is 16.5. The predicted octanol–water partition coefficient (Wildman–Crippen LogP) is 4.33. The molecule has 2 aromatic carbocycles. The molecule has 0 aliphatic heterocycles. The Kier molecular flexibility index (Phi) is 8.02. The number of hydrogen-bond donors (Lipinski definition) is 1. The van der Waals surface area contributed by atoms with Gasteiger partial charge in [-0.1, -0.05) is 24.3 Å². The van der Waals surface area contributed by atoms with E-state index in [2.05, 4.69) is 15.3 Å². The lowest BCUT2D eigenvalue weighted by Crippen LogP contribution is -2.20. The van der Waals surface area contributed by atoms with Crippen LogP contribution in [0.4, 0.5) is 0 Å². The topological polar surface area (TPSA) is 82.6 Å². The van der Waals surface area contributed by atoms with Crippen LogP contribution in [0.3, 0.4) is 0 Å². The molecule has 0 unspecified atom stereocenters. The number of para-hydroxylation sites is 1. The SMILES string of the molecule is COc1ccccc1/C=C/C(=O)NCc1ccc(OCc2nc(C)c(C)nc2C)c(OC)c1. The lowest BCUT2D eigenvalue weighted by molar-refractivity contribution is -0.116. The summed E-state index contributed by atoms with van der Waals surface area (Å²) in [5.41, 5.74) is 5.16. The lowest BCUT2D eigenvalue weighted by Gasteiger charge is -2.13. The number of aryl methyl sites for hydroxylation is 3. The Morgan fingerprint density at radius 3 is 2.39 bits per heavy atom. The third kappa shape index (κ3) is 6.32. The number of carbonyl (C=O) groups is 1. The summed E-state index contributed by atoms with van der Waals surface area (Å²) in [6.07, 6.45) is 3.21. The average Bonchev–Trinajstić information content (AvgIpc) is 2.83. The van der Waals surface area contributed by atoms with E-state index in [9.17, 15) is 4.79 Å². The minimum atomic E-state index is -0.205. The second-order valence-corrected chi connectivity index (χ2v) is 7.49. The Morgan fingerprint density at radius 2 is 1.64 bits per heavy atom. The maximum atomic E-state index is 12.2. The number of benzene rings is 2. The molecule has 0 saturated carbocycles. The molecule has 3 aromatic rings. The van der Waals surface area contributed by atoms with Gasteiger partial charge in [-0.05, 0) is 50.6 Å². The highest BCUT2D eigenvalue weighted by molar-refractivity contribution is 5.92. The minimum Gasteiger partial charge on any atom is -0.496 e. The first-order valence-corrected chi connectivity index (χ1v) is 10.6. The predicted molar refractivity (Wildman–Crippen MR) is 127 cm³/mol. The van der Waals surface area contributed by atoms with Gasteiger partial charge in [0.2, 0.25) is 5.91 Å². The third-order valence-electron chi connectivity index (χ3n) is 5.19. The Morgan fingerprint density at radius 1 is 0.909 bits per heavy atom. The third-order valence-corrected chi connectivity index (χ3v) is 5.19. The van der Waals surface area contributed by atoms with Crippen molar-refractivity contribution in [3.63, 3.8) is 0 Å². The van der Waals surface area contributed by atoms with Crippen LogP contribution in [0.5, 0.6) is 17.2 Å². The maximum absolute atomic E-state index is 12.2. The lowest BCUT2D eigenvalue weighted by atomic mass is 10.2. The van der Waals surface area contributed by atoms with Crippen LogP contribution in [0.15, 0.2) is 48.5 Å². The Hall–Kier alpha value is -3.87. The van der Waals surface area contributed by atoms with Gasteiger partial charge in [-0.25, -0.2) is 0 Å². The summed E-state index contributed by atoms with van der Waals surface area (Å²) in [7, 11) is 3.19. The van der Waals surface area contributed by atoms with Crippen LogP contribution in [-0.4, -0.2) is 30.1 Å². The van der Waals surface area contributed by atoms with Crippen LogP contribution in [0.1, 0.15) is 33.9 Å². The summed E-state index contributed by atoms with van der Waals surface area (Å²) < 4.78 is 16.7. The fraction of sp³-hybridized carbons (Fsp3) is 0.269. The molecule has 0 bridgehead atoms. The number of nitrogens with one attached hydrogen (secondary N) is 1. The first kappa shape index (κ1) is 23.8. The van der Waals surface area contributed by atoms with Crippen molar-refractivity contribution >= 4 is 12.0 Å². The van der Waals surface area contributed by atoms with Crippen molar-refractivity contribution in [1.82, 2.24) is 15.3 Å². The zero-order valence-electron chi connectivity index (χ0n) is 19.6. The molecule has 1 N–H and O–H groups in total. The fourth-order valence-electron chi connectivity index (χ4n) is 3.20. The van der Waals surface area contributed by atoms with E-state index < -0.39 is 0 Å². The molecule has 0 atom stereocenters. The first-order chi connectivity index (χ1) is 15.9. The molecule has 0 aliphatic carbocycles. The van der Waals surface area contributed by atoms with Crippen LogP contribution in [0, 0.1) is 20.8 Å².